The number of nitrogens with one attached hydrogen (secondary N) is 1. The van der Waals surface area contributed by atoms with Crippen molar-refractivity contribution in [2.24, 2.45) is 0 Å². The number of thioether (sulfide) groups is 1. The van der Waals surface area contributed by atoms with Gasteiger partial charge in [-0.3, -0.25) is 19.9 Å². The second kappa shape index (κ2) is 6.64. The van der Waals surface area contributed by atoms with Crippen molar-refractivity contribution in [1.82, 2.24) is 15.2 Å². The van der Waals surface area contributed by atoms with E-state index in [2.05, 4.69) is 20.5 Å². The molecule has 0 spiro atoms. The van der Waals surface area contributed by atoms with Gasteiger partial charge >= 0.3 is 5.97 Å². The molecule has 0 saturated heterocycles. The molecule has 2 rings (SSSR count). The van der Waals surface area contributed by atoms with Crippen LogP contribution in [0.3, 0.4) is 0 Å². The van der Waals surface area contributed by atoms with E-state index in [4.69, 9.17) is 16.7 Å². The van der Waals surface area contributed by atoms with Crippen LogP contribution in [0.25, 0.3) is 0 Å². The van der Waals surface area contributed by atoms with Gasteiger partial charge in [0.25, 0.3) is 5.91 Å². The first-order valence-electron chi connectivity index (χ1n) is 5.15. The maximum absolute atomic E-state index is 11.9. The number of amides is 1. The van der Waals surface area contributed by atoms with E-state index in [9.17, 15) is 9.59 Å². The average Bonchev–Trinajstić information content (AvgIpc) is 2.84. The van der Waals surface area contributed by atoms with Crippen molar-refractivity contribution in [3.8, 4) is 0 Å². The zero-order valence-corrected chi connectivity index (χ0v) is 12.1. The molecule has 0 atom stereocenters. The number of aliphatic carboxylic acids is 1. The molecule has 20 heavy (non-hydrogen) atoms. The van der Waals surface area contributed by atoms with Crippen LogP contribution in [0.15, 0.2) is 22.8 Å². The Morgan fingerprint density at radius 1 is 1.45 bits per heavy atom. The van der Waals surface area contributed by atoms with E-state index in [-0.39, 0.29) is 21.5 Å². The predicted molar refractivity (Wildman–Crippen MR) is 75.5 cm³/mol. The number of carbonyl (C=O) groups excluding carboxylic acids is 1. The third-order valence-corrected chi connectivity index (χ3v) is 4.24. The number of nitrogens with zero attached hydrogens (tertiary/aromatic N) is 3. The van der Waals surface area contributed by atoms with E-state index in [1.54, 1.807) is 0 Å². The van der Waals surface area contributed by atoms with Gasteiger partial charge < -0.3 is 5.11 Å². The third-order valence-electron chi connectivity index (χ3n) is 1.96. The largest absolute Gasteiger partial charge is 0.481 e. The smallest absolute Gasteiger partial charge is 0.313 e. The Balaban J connectivity index is 2.02. The lowest BCUT2D eigenvalue weighted by atomic mass is 10.3. The van der Waals surface area contributed by atoms with Gasteiger partial charge in [0.1, 0.15) is 0 Å². The van der Waals surface area contributed by atoms with Crippen LogP contribution in [0.5, 0.6) is 0 Å². The number of hydrogen-bond donors (Lipinski definition) is 2. The van der Waals surface area contributed by atoms with Crippen molar-refractivity contribution in [2.75, 3.05) is 11.1 Å². The number of halogens is 1. The Kier molecular flexibility index (Phi) is 4.88. The lowest BCUT2D eigenvalue weighted by Crippen LogP contribution is -2.12. The molecule has 0 aliphatic rings. The summed E-state index contributed by atoms with van der Waals surface area (Å²) in [7, 11) is 0. The van der Waals surface area contributed by atoms with Crippen LogP contribution < -0.4 is 5.32 Å². The molecular formula is C10H7ClN4O3S2. The SMILES string of the molecule is O=C(O)CSc1nnc(NC(=O)c2cnccc2Cl)s1. The zero-order chi connectivity index (χ0) is 14.5. The van der Waals surface area contributed by atoms with Gasteiger partial charge in [-0.05, 0) is 6.07 Å². The number of carboxylic acid groups (broad SMARTS) is 1. The number of rotatable bonds is 5. The highest BCUT2D eigenvalue weighted by Gasteiger charge is 2.13. The molecule has 0 aliphatic heterocycles. The minimum absolute atomic E-state index is 0.114. The molecule has 0 unspecified atom stereocenters. The zero-order valence-electron chi connectivity index (χ0n) is 9.74. The molecule has 7 nitrogen and oxygen atoms in total. The topological polar surface area (TPSA) is 105 Å². The van der Waals surface area contributed by atoms with Crippen LogP contribution in [-0.4, -0.2) is 37.9 Å². The first-order valence-corrected chi connectivity index (χ1v) is 7.33. The highest BCUT2D eigenvalue weighted by atomic mass is 35.5. The summed E-state index contributed by atoms with van der Waals surface area (Å²) in [5.74, 6) is -1.51. The first kappa shape index (κ1) is 14.7. The van der Waals surface area contributed by atoms with Crippen LogP contribution in [0, 0.1) is 0 Å². The van der Waals surface area contributed by atoms with E-state index < -0.39 is 11.9 Å². The van der Waals surface area contributed by atoms with Crippen molar-refractivity contribution >= 4 is 51.7 Å². The van der Waals surface area contributed by atoms with Crippen molar-refractivity contribution in [2.45, 2.75) is 4.34 Å². The van der Waals surface area contributed by atoms with Crippen molar-refractivity contribution in [3.63, 3.8) is 0 Å². The van der Waals surface area contributed by atoms with E-state index in [0.29, 0.717) is 4.34 Å². The molecule has 2 aromatic heterocycles. The Bertz CT molecular complexity index is 649. The predicted octanol–water partition coefficient (Wildman–Crippen LogP) is 2.02. The van der Waals surface area contributed by atoms with Crippen molar-refractivity contribution in [3.05, 3.63) is 29.0 Å². The molecule has 2 N–H and O–H groups in total. The Morgan fingerprint density at radius 3 is 2.95 bits per heavy atom. The molecule has 0 aliphatic carbocycles. The highest BCUT2D eigenvalue weighted by Crippen LogP contribution is 2.26. The van der Waals surface area contributed by atoms with Gasteiger partial charge in [-0.2, -0.15) is 0 Å². The summed E-state index contributed by atoms with van der Waals surface area (Å²) in [5, 5.41) is 19.1. The molecule has 2 heterocycles. The average molecular weight is 331 g/mol. The third kappa shape index (κ3) is 3.89. The van der Waals surface area contributed by atoms with E-state index >= 15 is 0 Å². The number of carboxylic acids is 1. The summed E-state index contributed by atoms with van der Waals surface area (Å²) in [6.07, 6.45) is 2.82. The van der Waals surface area contributed by atoms with Gasteiger partial charge in [0.05, 0.1) is 16.3 Å². The molecule has 0 bridgehead atoms. The summed E-state index contributed by atoms with van der Waals surface area (Å²) in [5.41, 5.74) is 0.226. The summed E-state index contributed by atoms with van der Waals surface area (Å²) in [6.45, 7) is 0. The maximum atomic E-state index is 11.9. The summed E-state index contributed by atoms with van der Waals surface area (Å²) < 4.78 is 0.458. The van der Waals surface area contributed by atoms with Crippen molar-refractivity contribution in [1.29, 1.82) is 0 Å². The lowest BCUT2D eigenvalue weighted by Gasteiger charge is -2.01. The van der Waals surface area contributed by atoms with Gasteiger partial charge in [0.15, 0.2) is 4.34 Å². The van der Waals surface area contributed by atoms with Crippen LogP contribution >= 0.6 is 34.7 Å². The standard InChI is InChI=1S/C10H7ClN4O3S2/c11-6-1-2-12-3-5(6)8(18)13-9-14-15-10(20-9)19-4-7(16)17/h1-3H,4H2,(H,16,17)(H,13,14,18). The monoisotopic (exact) mass is 330 g/mol. The fourth-order valence-electron chi connectivity index (χ4n) is 1.15. The molecular weight excluding hydrogens is 324 g/mol. The summed E-state index contributed by atoms with van der Waals surface area (Å²) >= 11 is 7.99. The van der Waals surface area contributed by atoms with Crippen LogP contribution in [0.4, 0.5) is 5.13 Å². The number of carbonyl (C=O) groups is 2. The molecule has 0 radical (unpaired) electrons. The minimum Gasteiger partial charge on any atom is -0.481 e. The van der Waals surface area contributed by atoms with E-state index in [1.807, 2.05) is 0 Å². The Hall–Kier alpha value is -1.71. The normalized spacial score (nSPS) is 10.2. The first-order chi connectivity index (χ1) is 9.56. The van der Waals surface area contributed by atoms with Gasteiger partial charge in [0.2, 0.25) is 5.13 Å². The van der Waals surface area contributed by atoms with Crippen LogP contribution in [0.1, 0.15) is 10.4 Å². The molecule has 1 amide bonds. The van der Waals surface area contributed by atoms with Gasteiger partial charge in [0, 0.05) is 12.4 Å². The van der Waals surface area contributed by atoms with Crippen LogP contribution in [-0.2, 0) is 4.79 Å². The van der Waals surface area contributed by atoms with E-state index in [0.717, 1.165) is 23.1 Å². The number of hydrogen-bond acceptors (Lipinski definition) is 7. The van der Waals surface area contributed by atoms with Crippen molar-refractivity contribution < 1.29 is 14.7 Å². The Morgan fingerprint density at radius 2 is 2.25 bits per heavy atom. The molecule has 2 aromatic rings. The van der Waals surface area contributed by atoms with Gasteiger partial charge in [-0.15, -0.1) is 10.2 Å². The van der Waals surface area contributed by atoms with E-state index in [1.165, 1.54) is 18.5 Å². The number of aromatic nitrogens is 3. The fourth-order valence-corrected chi connectivity index (χ4v) is 2.81. The molecule has 10 heteroatoms. The van der Waals surface area contributed by atoms with Gasteiger partial charge in [-0.1, -0.05) is 34.7 Å². The van der Waals surface area contributed by atoms with Gasteiger partial charge in [-0.25, -0.2) is 0 Å². The lowest BCUT2D eigenvalue weighted by molar-refractivity contribution is -0.133. The molecule has 104 valence electrons. The number of anilines is 1. The van der Waals surface area contributed by atoms with Crippen LogP contribution in [0.2, 0.25) is 5.02 Å². The highest BCUT2D eigenvalue weighted by molar-refractivity contribution is 8.01. The molecule has 0 aromatic carbocycles. The minimum atomic E-state index is -0.946. The second-order valence-electron chi connectivity index (χ2n) is 3.37. The maximum Gasteiger partial charge on any atom is 0.313 e. The Labute approximate surface area is 126 Å². The fraction of sp³-hybridized carbons (Fsp3) is 0.100. The molecule has 0 saturated carbocycles. The summed E-state index contributed by atoms with van der Waals surface area (Å²) in [6, 6.07) is 1.50. The molecule has 0 fully saturated rings. The summed E-state index contributed by atoms with van der Waals surface area (Å²) in [4.78, 5) is 26.2. The quantitative estimate of drug-likeness (QED) is 0.638. The number of pyridine rings is 1. The second-order valence-corrected chi connectivity index (χ2v) is 5.97.